The summed E-state index contributed by atoms with van der Waals surface area (Å²) in [6.45, 7) is 3.58. The van der Waals surface area contributed by atoms with E-state index < -0.39 is 6.04 Å². The molecule has 2 aromatic carbocycles. The van der Waals surface area contributed by atoms with Crippen molar-refractivity contribution in [3.05, 3.63) is 54.3 Å². The molecule has 3 rings (SSSR count). The third kappa shape index (κ3) is 3.09. The van der Waals surface area contributed by atoms with Gasteiger partial charge in [-0.2, -0.15) is 0 Å². The molecular weight excluding hydrogens is 278 g/mol. The van der Waals surface area contributed by atoms with Crippen LogP contribution in [0.25, 0.3) is 10.8 Å². The summed E-state index contributed by atoms with van der Waals surface area (Å²) in [5, 5.41) is 12.0. The Bertz CT molecular complexity index is 810. The molecule has 1 heterocycles. The molecular formula is C17H17N3O2. The lowest BCUT2D eigenvalue weighted by Crippen LogP contribution is -2.31. The van der Waals surface area contributed by atoms with Gasteiger partial charge in [0.05, 0.1) is 0 Å². The molecule has 3 aromatic rings. The number of hydrogen-bond donors (Lipinski definition) is 2. The first-order valence-electron chi connectivity index (χ1n) is 7.11. The van der Waals surface area contributed by atoms with Crippen LogP contribution in [-0.2, 0) is 4.79 Å². The molecule has 0 saturated heterocycles. The van der Waals surface area contributed by atoms with Crippen LogP contribution < -0.4 is 10.6 Å². The fourth-order valence-corrected chi connectivity index (χ4v) is 2.25. The lowest BCUT2D eigenvalue weighted by Gasteiger charge is -2.14. The molecule has 5 nitrogen and oxygen atoms in total. The zero-order valence-corrected chi connectivity index (χ0v) is 12.5. The highest BCUT2D eigenvalue weighted by atomic mass is 16.5. The van der Waals surface area contributed by atoms with Crippen molar-refractivity contribution in [1.29, 1.82) is 0 Å². The minimum atomic E-state index is -0.391. The predicted molar refractivity (Wildman–Crippen MR) is 86.9 cm³/mol. The number of carbonyl (C=O) groups is 1. The highest BCUT2D eigenvalue weighted by molar-refractivity contribution is 5.96. The number of nitrogens with one attached hydrogen (secondary N) is 2. The van der Waals surface area contributed by atoms with E-state index in [-0.39, 0.29) is 5.91 Å². The number of rotatable bonds is 4. The first kappa shape index (κ1) is 14.1. The summed E-state index contributed by atoms with van der Waals surface area (Å²) >= 11 is 0. The van der Waals surface area contributed by atoms with E-state index in [0.717, 1.165) is 11.1 Å². The molecule has 1 aromatic heterocycles. The second-order valence-electron chi connectivity index (χ2n) is 5.24. The molecule has 0 bridgehead atoms. The van der Waals surface area contributed by atoms with Crippen molar-refractivity contribution in [2.75, 3.05) is 10.6 Å². The Hall–Kier alpha value is -2.82. The van der Waals surface area contributed by atoms with E-state index >= 15 is 0 Å². The number of aryl methyl sites for hydroxylation is 1. The van der Waals surface area contributed by atoms with Gasteiger partial charge in [-0.05, 0) is 36.8 Å². The van der Waals surface area contributed by atoms with Gasteiger partial charge in [0.1, 0.15) is 11.8 Å². The summed E-state index contributed by atoms with van der Waals surface area (Å²) < 4.78 is 4.93. The molecule has 22 heavy (non-hydrogen) atoms. The van der Waals surface area contributed by atoms with Crippen molar-refractivity contribution in [3.63, 3.8) is 0 Å². The van der Waals surface area contributed by atoms with Crippen molar-refractivity contribution in [2.45, 2.75) is 19.9 Å². The summed E-state index contributed by atoms with van der Waals surface area (Å²) in [6.07, 6.45) is 0. The van der Waals surface area contributed by atoms with Crippen molar-refractivity contribution in [1.82, 2.24) is 5.16 Å². The normalized spacial score (nSPS) is 12.1. The van der Waals surface area contributed by atoms with E-state index in [1.54, 1.807) is 19.9 Å². The highest BCUT2D eigenvalue weighted by Gasteiger charge is 2.14. The van der Waals surface area contributed by atoms with Crippen LogP contribution in [-0.4, -0.2) is 17.1 Å². The van der Waals surface area contributed by atoms with Crippen LogP contribution in [0.2, 0.25) is 0 Å². The minimum absolute atomic E-state index is 0.165. The average Bonchev–Trinajstić information content (AvgIpc) is 2.92. The molecule has 0 spiro atoms. The average molecular weight is 295 g/mol. The molecule has 1 amide bonds. The van der Waals surface area contributed by atoms with Crippen LogP contribution >= 0.6 is 0 Å². The van der Waals surface area contributed by atoms with Crippen LogP contribution in [0.4, 0.5) is 11.5 Å². The van der Waals surface area contributed by atoms with Crippen LogP contribution in [0.1, 0.15) is 12.7 Å². The SMILES string of the molecule is Cc1cc(NC(=O)C(C)Nc2ccc3ccccc3c2)no1. The van der Waals surface area contributed by atoms with Crippen molar-refractivity contribution < 1.29 is 9.32 Å². The maximum absolute atomic E-state index is 12.1. The molecule has 0 aliphatic rings. The Balaban J connectivity index is 1.69. The molecule has 2 N–H and O–H groups in total. The Morgan fingerprint density at radius 2 is 1.91 bits per heavy atom. The van der Waals surface area contributed by atoms with Gasteiger partial charge >= 0.3 is 0 Å². The fourth-order valence-electron chi connectivity index (χ4n) is 2.25. The quantitative estimate of drug-likeness (QED) is 0.772. The van der Waals surface area contributed by atoms with E-state index in [1.807, 2.05) is 36.4 Å². The van der Waals surface area contributed by atoms with E-state index in [2.05, 4.69) is 21.9 Å². The molecule has 0 radical (unpaired) electrons. The molecule has 1 unspecified atom stereocenters. The van der Waals surface area contributed by atoms with Gasteiger partial charge in [0.25, 0.3) is 0 Å². The maximum atomic E-state index is 12.1. The zero-order valence-electron chi connectivity index (χ0n) is 12.5. The van der Waals surface area contributed by atoms with Gasteiger partial charge in [-0.3, -0.25) is 4.79 Å². The Labute approximate surface area is 128 Å². The number of fused-ring (bicyclic) bond motifs is 1. The summed E-state index contributed by atoms with van der Waals surface area (Å²) in [5.41, 5.74) is 0.901. The fraction of sp³-hybridized carbons (Fsp3) is 0.176. The second kappa shape index (κ2) is 5.89. The topological polar surface area (TPSA) is 67.2 Å². The third-order valence-corrected chi connectivity index (χ3v) is 3.41. The summed E-state index contributed by atoms with van der Waals surface area (Å²) in [7, 11) is 0. The van der Waals surface area contributed by atoms with Crippen LogP contribution in [0.15, 0.2) is 53.1 Å². The summed E-state index contributed by atoms with van der Waals surface area (Å²) in [5.74, 6) is 0.918. The van der Waals surface area contributed by atoms with Gasteiger partial charge in [0.2, 0.25) is 5.91 Å². The molecule has 0 saturated carbocycles. The van der Waals surface area contributed by atoms with Gasteiger partial charge in [-0.1, -0.05) is 35.5 Å². The lowest BCUT2D eigenvalue weighted by atomic mass is 10.1. The molecule has 112 valence electrons. The molecule has 0 aliphatic heterocycles. The monoisotopic (exact) mass is 295 g/mol. The number of aromatic nitrogens is 1. The number of benzene rings is 2. The van der Waals surface area contributed by atoms with Crippen LogP contribution in [0, 0.1) is 6.92 Å². The summed E-state index contributed by atoms with van der Waals surface area (Å²) in [4.78, 5) is 12.1. The first-order chi connectivity index (χ1) is 10.6. The van der Waals surface area contributed by atoms with E-state index in [4.69, 9.17) is 4.52 Å². The molecule has 0 fully saturated rings. The van der Waals surface area contributed by atoms with E-state index in [0.29, 0.717) is 11.6 Å². The Morgan fingerprint density at radius 3 is 2.64 bits per heavy atom. The van der Waals surface area contributed by atoms with Gasteiger partial charge in [0, 0.05) is 11.8 Å². The van der Waals surface area contributed by atoms with Gasteiger partial charge in [-0.15, -0.1) is 0 Å². The van der Waals surface area contributed by atoms with E-state index in [9.17, 15) is 4.79 Å². The summed E-state index contributed by atoms with van der Waals surface area (Å²) in [6, 6.07) is 15.4. The number of anilines is 2. The van der Waals surface area contributed by atoms with Crippen LogP contribution in [0.3, 0.4) is 0 Å². The number of hydrogen-bond acceptors (Lipinski definition) is 4. The third-order valence-electron chi connectivity index (χ3n) is 3.41. The molecule has 5 heteroatoms. The van der Waals surface area contributed by atoms with E-state index in [1.165, 1.54) is 5.39 Å². The number of amides is 1. The first-order valence-corrected chi connectivity index (χ1v) is 7.11. The van der Waals surface area contributed by atoms with Crippen LogP contribution in [0.5, 0.6) is 0 Å². The lowest BCUT2D eigenvalue weighted by molar-refractivity contribution is -0.116. The maximum Gasteiger partial charge on any atom is 0.247 e. The second-order valence-corrected chi connectivity index (χ2v) is 5.24. The Morgan fingerprint density at radius 1 is 1.14 bits per heavy atom. The van der Waals surface area contributed by atoms with Gasteiger partial charge in [-0.25, -0.2) is 0 Å². The van der Waals surface area contributed by atoms with Crippen molar-refractivity contribution in [3.8, 4) is 0 Å². The van der Waals surface area contributed by atoms with Gasteiger partial charge < -0.3 is 15.2 Å². The zero-order chi connectivity index (χ0) is 15.5. The number of nitrogens with zero attached hydrogens (tertiary/aromatic N) is 1. The number of carbonyl (C=O) groups excluding carboxylic acids is 1. The largest absolute Gasteiger partial charge is 0.374 e. The van der Waals surface area contributed by atoms with Crippen molar-refractivity contribution in [2.24, 2.45) is 0 Å². The minimum Gasteiger partial charge on any atom is -0.374 e. The molecule has 0 aliphatic carbocycles. The highest BCUT2D eigenvalue weighted by Crippen LogP contribution is 2.19. The smallest absolute Gasteiger partial charge is 0.247 e. The predicted octanol–water partition coefficient (Wildman–Crippen LogP) is 3.58. The van der Waals surface area contributed by atoms with Gasteiger partial charge in [0.15, 0.2) is 5.82 Å². The van der Waals surface area contributed by atoms with Crippen molar-refractivity contribution >= 4 is 28.2 Å². The molecule has 1 atom stereocenters. The standard InChI is InChI=1S/C17H17N3O2/c1-11-9-16(20-22-11)19-17(21)12(2)18-15-8-7-13-5-3-4-6-14(13)10-15/h3-10,12,18H,1-2H3,(H,19,20,21). The Kier molecular flexibility index (Phi) is 3.78.